The molecular formula is C33H25Cl2N3O8. The Balaban J connectivity index is 1.32. The number of urea groups is 1. The molecule has 13 heteroatoms. The number of barbiturate groups is 1. The number of carbonyl (C=O) groups excluding carboxylic acids is 3. The monoisotopic (exact) mass is 661 g/mol. The number of nitro groups is 1. The zero-order chi connectivity index (χ0) is 32.8. The van der Waals surface area contributed by atoms with Gasteiger partial charge in [0.05, 0.1) is 17.2 Å². The van der Waals surface area contributed by atoms with Crippen LogP contribution in [0.2, 0.25) is 10.0 Å². The number of nitrogens with zero attached hydrogens (tertiary/aromatic N) is 2. The average Bonchev–Trinajstić information content (AvgIpc) is 3.03. The number of anilines is 1. The summed E-state index contributed by atoms with van der Waals surface area (Å²) in [5.74, 6) is -0.529. The van der Waals surface area contributed by atoms with Gasteiger partial charge < -0.3 is 14.2 Å². The van der Waals surface area contributed by atoms with Crippen molar-refractivity contribution >= 4 is 58.5 Å². The van der Waals surface area contributed by atoms with Gasteiger partial charge >= 0.3 is 6.03 Å². The molecule has 0 bridgehead atoms. The van der Waals surface area contributed by atoms with E-state index in [1.807, 2.05) is 0 Å². The Kier molecular flexibility index (Phi) is 9.85. The van der Waals surface area contributed by atoms with Gasteiger partial charge in [-0.25, -0.2) is 9.69 Å². The fraction of sp³-hybridized carbons (Fsp3) is 0.121. The first-order chi connectivity index (χ1) is 22.1. The molecule has 1 heterocycles. The SMILES string of the molecule is CCOc1cc(/C=C2\C(=O)NC(=O)N(c3ccc(OCc4ccc(Cl)cc4Cl)cc3)C2=O)ccc1OCc1cccc([N+](=O)[O-])c1. The molecule has 1 fully saturated rings. The number of amides is 4. The second-order valence-electron chi connectivity index (χ2n) is 9.83. The molecule has 1 N–H and O–H groups in total. The molecule has 1 aliphatic heterocycles. The van der Waals surface area contributed by atoms with Crippen molar-refractivity contribution in [1.82, 2.24) is 5.32 Å². The molecule has 0 radical (unpaired) electrons. The highest BCUT2D eigenvalue weighted by Gasteiger charge is 2.36. The Labute approximate surface area is 273 Å². The van der Waals surface area contributed by atoms with E-state index in [9.17, 15) is 24.5 Å². The van der Waals surface area contributed by atoms with Gasteiger partial charge in [0, 0.05) is 27.7 Å². The quantitative estimate of drug-likeness (QED) is 0.0776. The second-order valence-corrected chi connectivity index (χ2v) is 10.7. The van der Waals surface area contributed by atoms with Gasteiger partial charge in [-0.2, -0.15) is 0 Å². The Bertz CT molecular complexity index is 1860. The fourth-order valence-electron chi connectivity index (χ4n) is 4.47. The number of hydrogen-bond donors (Lipinski definition) is 1. The van der Waals surface area contributed by atoms with Crippen molar-refractivity contribution < 1.29 is 33.5 Å². The van der Waals surface area contributed by atoms with E-state index >= 15 is 0 Å². The lowest BCUT2D eigenvalue weighted by Gasteiger charge is -2.26. The number of nitro benzene ring substituents is 1. The maximum absolute atomic E-state index is 13.4. The lowest BCUT2D eigenvalue weighted by atomic mass is 10.1. The number of rotatable bonds is 11. The van der Waals surface area contributed by atoms with Crippen LogP contribution in [0.3, 0.4) is 0 Å². The number of non-ortho nitro benzene ring substituents is 1. The lowest BCUT2D eigenvalue weighted by molar-refractivity contribution is -0.384. The number of halogens is 2. The van der Waals surface area contributed by atoms with Crippen LogP contribution in [0.25, 0.3) is 6.08 Å². The summed E-state index contributed by atoms with van der Waals surface area (Å²) in [4.78, 5) is 50.4. The highest BCUT2D eigenvalue weighted by Crippen LogP contribution is 2.32. The first-order valence-electron chi connectivity index (χ1n) is 13.8. The van der Waals surface area contributed by atoms with Crippen molar-refractivity contribution in [3.63, 3.8) is 0 Å². The summed E-state index contributed by atoms with van der Waals surface area (Å²) in [6.45, 7) is 2.28. The average molecular weight is 662 g/mol. The van der Waals surface area contributed by atoms with Crippen molar-refractivity contribution in [1.29, 1.82) is 0 Å². The molecule has 0 saturated carbocycles. The van der Waals surface area contributed by atoms with Crippen LogP contribution in [0.15, 0.2) is 90.5 Å². The van der Waals surface area contributed by atoms with Crippen molar-refractivity contribution in [2.24, 2.45) is 0 Å². The van der Waals surface area contributed by atoms with E-state index in [-0.39, 0.29) is 30.2 Å². The van der Waals surface area contributed by atoms with Gasteiger partial charge in [0.2, 0.25) is 0 Å². The summed E-state index contributed by atoms with van der Waals surface area (Å²) < 4.78 is 17.3. The molecule has 4 aromatic carbocycles. The Morgan fingerprint density at radius 2 is 1.65 bits per heavy atom. The lowest BCUT2D eigenvalue weighted by Crippen LogP contribution is -2.54. The molecule has 11 nitrogen and oxygen atoms in total. The first kappa shape index (κ1) is 32.0. The third-order valence-electron chi connectivity index (χ3n) is 6.70. The van der Waals surface area contributed by atoms with E-state index in [2.05, 4.69) is 5.32 Å². The Morgan fingerprint density at radius 1 is 0.870 bits per heavy atom. The van der Waals surface area contributed by atoms with E-state index in [0.717, 1.165) is 10.5 Å². The van der Waals surface area contributed by atoms with Crippen LogP contribution < -0.4 is 24.4 Å². The Hall–Kier alpha value is -5.39. The van der Waals surface area contributed by atoms with E-state index in [1.54, 1.807) is 67.6 Å². The predicted molar refractivity (Wildman–Crippen MR) is 171 cm³/mol. The zero-order valence-electron chi connectivity index (χ0n) is 24.2. The van der Waals surface area contributed by atoms with Crippen LogP contribution in [0.5, 0.6) is 17.2 Å². The second kappa shape index (κ2) is 14.1. The zero-order valence-corrected chi connectivity index (χ0v) is 25.7. The number of benzene rings is 4. The van der Waals surface area contributed by atoms with E-state index in [1.165, 1.54) is 30.3 Å². The van der Waals surface area contributed by atoms with Crippen LogP contribution in [-0.2, 0) is 22.8 Å². The molecule has 1 aliphatic rings. The molecule has 0 aromatic heterocycles. The maximum Gasteiger partial charge on any atom is 0.335 e. The van der Waals surface area contributed by atoms with Gasteiger partial charge in [0.25, 0.3) is 17.5 Å². The highest BCUT2D eigenvalue weighted by molar-refractivity contribution is 6.39. The van der Waals surface area contributed by atoms with Gasteiger partial charge in [-0.05, 0) is 72.7 Å². The fourth-order valence-corrected chi connectivity index (χ4v) is 4.94. The molecular weight excluding hydrogens is 637 g/mol. The minimum Gasteiger partial charge on any atom is -0.490 e. The molecule has 5 rings (SSSR count). The summed E-state index contributed by atoms with van der Waals surface area (Å²) in [6, 6.07) is 21.2. The van der Waals surface area contributed by atoms with Crippen LogP contribution in [-0.4, -0.2) is 29.4 Å². The van der Waals surface area contributed by atoms with Crippen molar-refractivity contribution in [3.8, 4) is 17.2 Å². The highest BCUT2D eigenvalue weighted by atomic mass is 35.5. The number of hydrogen-bond acceptors (Lipinski definition) is 8. The van der Waals surface area contributed by atoms with E-state index in [4.69, 9.17) is 37.4 Å². The Morgan fingerprint density at radius 3 is 2.37 bits per heavy atom. The van der Waals surface area contributed by atoms with Crippen LogP contribution in [0.1, 0.15) is 23.6 Å². The van der Waals surface area contributed by atoms with Crippen LogP contribution >= 0.6 is 23.2 Å². The van der Waals surface area contributed by atoms with E-state index < -0.39 is 22.8 Å². The summed E-state index contributed by atoms with van der Waals surface area (Å²) in [5, 5.41) is 14.3. The van der Waals surface area contributed by atoms with Crippen LogP contribution in [0.4, 0.5) is 16.2 Å². The summed E-state index contributed by atoms with van der Waals surface area (Å²) >= 11 is 12.1. The minimum absolute atomic E-state index is 0.0405. The molecule has 4 amide bonds. The molecule has 0 atom stereocenters. The first-order valence-corrected chi connectivity index (χ1v) is 14.6. The van der Waals surface area contributed by atoms with Crippen molar-refractivity contribution in [3.05, 3.63) is 127 Å². The van der Waals surface area contributed by atoms with E-state index in [0.29, 0.717) is 45.0 Å². The third-order valence-corrected chi connectivity index (χ3v) is 7.29. The predicted octanol–water partition coefficient (Wildman–Crippen LogP) is 7.12. The van der Waals surface area contributed by atoms with Crippen molar-refractivity contribution in [2.45, 2.75) is 20.1 Å². The molecule has 1 saturated heterocycles. The molecule has 0 aliphatic carbocycles. The number of nitrogens with one attached hydrogen (secondary N) is 1. The summed E-state index contributed by atoms with van der Waals surface area (Å²) in [7, 11) is 0. The number of ether oxygens (including phenoxy) is 3. The smallest absolute Gasteiger partial charge is 0.335 e. The van der Waals surface area contributed by atoms with Crippen LogP contribution in [0, 0.1) is 10.1 Å². The maximum atomic E-state index is 13.4. The normalized spacial score (nSPS) is 13.8. The minimum atomic E-state index is -0.895. The van der Waals surface area contributed by atoms with Gasteiger partial charge in [0.1, 0.15) is 24.5 Å². The largest absolute Gasteiger partial charge is 0.490 e. The summed E-state index contributed by atoms with van der Waals surface area (Å²) in [6.07, 6.45) is 1.34. The molecule has 0 unspecified atom stereocenters. The third kappa shape index (κ3) is 7.45. The topological polar surface area (TPSA) is 137 Å². The van der Waals surface area contributed by atoms with Gasteiger partial charge in [-0.1, -0.05) is 47.5 Å². The standard InChI is InChI=1S/C33H25Cl2N3O8/c1-2-44-30-16-20(6-13-29(30)46-18-21-4-3-5-25(14-21)38(42)43)15-27-31(39)36-33(41)37(32(27)40)24-9-11-26(12-10-24)45-19-22-7-8-23(34)17-28(22)35/h3-17H,2,18-19H2,1H3,(H,36,39,41)/b27-15+. The molecule has 234 valence electrons. The van der Waals surface area contributed by atoms with Gasteiger partial charge in [0.15, 0.2) is 11.5 Å². The molecule has 46 heavy (non-hydrogen) atoms. The number of carbonyl (C=O) groups is 3. The van der Waals surface area contributed by atoms with Crippen molar-refractivity contribution in [2.75, 3.05) is 11.5 Å². The van der Waals surface area contributed by atoms with Gasteiger partial charge in [-0.15, -0.1) is 0 Å². The molecule has 0 spiro atoms. The summed E-state index contributed by atoms with van der Waals surface area (Å²) in [5.41, 5.74) is 1.64. The molecule has 4 aromatic rings. The van der Waals surface area contributed by atoms with Gasteiger partial charge in [-0.3, -0.25) is 25.0 Å². The number of imide groups is 2.